The number of hydrogen-bond acceptors (Lipinski definition) is 4. The molecule has 1 N–H and O–H groups in total. The van der Waals surface area contributed by atoms with E-state index in [1.807, 2.05) is 34.8 Å². The zero-order chi connectivity index (χ0) is 17.2. The van der Waals surface area contributed by atoms with E-state index in [1.165, 1.54) is 0 Å². The van der Waals surface area contributed by atoms with Gasteiger partial charge in [-0.05, 0) is 25.0 Å². The van der Waals surface area contributed by atoms with E-state index in [2.05, 4.69) is 5.32 Å². The van der Waals surface area contributed by atoms with Crippen LogP contribution in [0.25, 0.3) is 0 Å². The normalized spacial score (nSPS) is 26.8. The zero-order valence-corrected chi connectivity index (χ0v) is 14.3. The smallest absolute Gasteiger partial charge is 0.270 e. The first-order valence-corrected chi connectivity index (χ1v) is 8.40. The highest BCUT2D eigenvalue weighted by atomic mass is 16.6. The summed E-state index contributed by atoms with van der Waals surface area (Å²) in [6, 6.07) is 3.72. The Balaban J connectivity index is 1.60. The van der Waals surface area contributed by atoms with E-state index in [0.29, 0.717) is 18.8 Å². The van der Waals surface area contributed by atoms with E-state index in [1.54, 1.807) is 7.05 Å². The fourth-order valence-electron chi connectivity index (χ4n) is 3.58. The minimum Gasteiger partial charge on any atom is -0.370 e. The summed E-state index contributed by atoms with van der Waals surface area (Å²) in [4.78, 5) is 25.9. The molecule has 7 nitrogen and oxygen atoms in total. The number of aryl methyl sites for hydroxylation is 1. The first kappa shape index (κ1) is 17.0. The molecule has 1 aromatic rings. The Hall–Kier alpha value is -1.86. The maximum atomic E-state index is 12.7. The molecule has 0 radical (unpaired) electrons. The Morgan fingerprint density at radius 2 is 2.33 bits per heavy atom. The van der Waals surface area contributed by atoms with E-state index in [-0.39, 0.29) is 30.1 Å². The van der Waals surface area contributed by atoms with Crippen molar-refractivity contribution in [2.24, 2.45) is 7.05 Å². The molecule has 2 aliphatic heterocycles. The Kier molecular flexibility index (Phi) is 4.91. The molecule has 2 fully saturated rings. The minimum absolute atomic E-state index is 0.0416. The van der Waals surface area contributed by atoms with Crippen molar-refractivity contribution in [3.05, 3.63) is 24.0 Å². The van der Waals surface area contributed by atoms with E-state index in [4.69, 9.17) is 9.47 Å². The molecule has 7 heteroatoms. The number of aromatic nitrogens is 1. The van der Waals surface area contributed by atoms with E-state index in [0.717, 1.165) is 25.8 Å². The van der Waals surface area contributed by atoms with Crippen LogP contribution < -0.4 is 5.32 Å². The van der Waals surface area contributed by atoms with E-state index < -0.39 is 0 Å². The summed E-state index contributed by atoms with van der Waals surface area (Å²) in [6.07, 6.45) is 4.34. The summed E-state index contributed by atoms with van der Waals surface area (Å²) in [7, 11) is 3.47. The van der Waals surface area contributed by atoms with Crippen LogP contribution in [-0.2, 0) is 21.3 Å². The summed E-state index contributed by atoms with van der Waals surface area (Å²) < 4.78 is 13.5. The highest BCUT2D eigenvalue weighted by Gasteiger charge is 2.45. The van der Waals surface area contributed by atoms with Crippen LogP contribution in [0.3, 0.4) is 0 Å². The fourth-order valence-corrected chi connectivity index (χ4v) is 3.58. The topological polar surface area (TPSA) is 72.8 Å². The van der Waals surface area contributed by atoms with Gasteiger partial charge < -0.3 is 24.3 Å². The van der Waals surface area contributed by atoms with Gasteiger partial charge in [0.1, 0.15) is 12.3 Å². The summed E-state index contributed by atoms with van der Waals surface area (Å²) in [5.74, 6) is -0.0972. The van der Waals surface area contributed by atoms with Gasteiger partial charge in [-0.15, -0.1) is 0 Å². The first-order chi connectivity index (χ1) is 11.5. The molecule has 0 unspecified atom stereocenters. The lowest BCUT2D eigenvalue weighted by Crippen LogP contribution is -2.50. The molecule has 132 valence electrons. The van der Waals surface area contributed by atoms with Gasteiger partial charge in [-0.1, -0.05) is 0 Å². The minimum atomic E-state index is -0.341. The van der Waals surface area contributed by atoms with Gasteiger partial charge in [0.25, 0.3) is 5.91 Å². The molecule has 2 atom stereocenters. The predicted molar refractivity (Wildman–Crippen MR) is 87.7 cm³/mol. The molecule has 1 spiro atoms. The third-order valence-electron chi connectivity index (χ3n) is 4.89. The molecule has 0 saturated carbocycles. The molecule has 0 aromatic carbocycles. The molecule has 3 rings (SSSR count). The van der Waals surface area contributed by atoms with Gasteiger partial charge in [0.15, 0.2) is 0 Å². The van der Waals surface area contributed by atoms with Crippen LogP contribution in [0.4, 0.5) is 0 Å². The quantitative estimate of drug-likeness (QED) is 0.872. The highest BCUT2D eigenvalue weighted by molar-refractivity contribution is 5.92. The summed E-state index contributed by atoms with van der Waals surface area (Å²) >= 11 is 0. The van der Waals surface area contributed by atoms with Crippen LogP contribution in [0, 0.1) is 0 Å². The van der Waals surface area contributed by atoms with Gasteiger partial charge in [-0.3, -0.25) is 9.59 Å². The second-order valence-corrected chi connectivity index (χ2v) is 6.64. The third-order valence-corrected chi connectivity index (χ3v) is 4.89. The van der Waals surface area contributed by atoms with Crippen LogP contribution in [-0.4, -0.2) is 66.3 Å². The number of ether oxygens (including phenoxy) is 2. The molecule has 2 saturated heterocycles. The average Bonchev–Trinajstić information content (AvgIpc) is 3.18. The van der Waals surface area contributed by atoms with Gasteiger partial charge >= 0.3 is 0 Å². The number of rotatable bonds is 4. The molecule has 24 heavy (non-hydrogen) atoms. The molecular weight excluding hydrogens is 310 g/mol. The van der Waals surface area contributed by atoms with Crippen LogP contribution in [0.5, 0.6) is 0 Å². The van der Waals surface area contributed by atoms with Crippen molar-refractivity contribution in [3.8, 4) is 0 Å². The number of nitrogens with zero attached hydrogens (tertiary/aromatic N) is 2. The molecule has 0 aliphatic carbocycles. The SMILES string of the molecule is CNC(=O)CO[C@H]1CO[C@@]2(CCCN(C(=O)c3cccn3C)C2)C1. The Labute approximate surface area is 141 Å². The number of amides is 2. The monoisotopic (exact) mass is 335 g/mol. The molecule has 2 aliphatic rings. The van der Waals surface area contributed by atoms with Gasteiger partial charge in [0.05, 0.1) is 24.9 Å². The lowest BCUT2D eigenvalue weighted by Gasteiger charge is -2.39. The number of piperidine rings is 1. The molecule has 3 heterocycles. The van der Waals surface area contributed by atoms with Gasteiger partial charge in [0, 0.05) is 33.3 Å². The number of carbonyl (C=O) groups is 2. The summed E-state index contributed by atoms with van der Waals surface area (Å²) in [5, 5.41) is 2.54. The van der Waals surface area contributed by atoms with E-state index in [9.17, 15) is 9.59 Å². The third kappa shape index (κ3) is 3.47. The van der Waals surface area contributed by atoms with Gasteiger partial charge in [-0.2, -0.15) is 0 Å². The molecule has 0 bridgehead atoms. The summed E-state index contributed by atoms with van der Waals surface area (Å²) in [6.45, 7) is 1.85. The van der Waals surface area contributed by atoms with Gasteiger partial charge in [0.2, 0.25) is 5.91 Å². The maximum absolute atomic E-state index is 12.7. The van der Waals surface area contributed by atoms with Crippen LogP contribution in [0.2, 0.25) is 0 Å². The fraction of sp³-hybridized carbons (Fsp3) is 0.647. The lowest BCUT2D eigenvalue weighted by molar-refractivity contribution is -0.127. The van der Waals surface area contributed by atoms with Crippen molar-refractivity contribution in [2.45, 2.75) is 31.0 Å². The molecule has 1 aromatic heterocycles. The largest absolute Gasteiger partial charge is 0.370 e. The summed E-state index contributed by atoms with van der Waals surface area (Å²) in [5.41, 5.74) is 0.351. The number of likely N-dealkylation sites (tertiary alicyclic amines) is 1. The van der Waals surface area contributed by atoms with Crippen molar-refractivity contribution in [1.82, 2.24) is 14.8 Å². The van der Waals surface area contributed by atoms with Crippen LogP contribution >= 0.6 is 0 Å². The number of carbonyl (C=O) groups excluding carboxylic acids is 2. The van der Waals surface area contributed by atoms with Crippen molar-refractivity contribution < 1.29 is 19.1 Å². The van der Waals surface area contributed by atoms with Crippen LogP contribution in [0.15, 0.2) is 18.3 Å². The Morgan fingerprint density at radius 1 is 1.50 bits per heavy atom. The Bertz CT molecular complexity index is 615. The standard InChI is InChI=1S/C17H25N3O4/c1-18-15(21)11-23-13-9-17(24-10-13)6-4-8-20(12-17)16(22)14-5-3-7-19(14)2/h3,5,7,13H,4,6,8-12H2,1-2H3,(H,18,21)/t13-,17+/m1/s1. The van der Waals surface area contributed by atoms with Crippen LogP contribution in [0.1, 0.15) is 29.8 Å². The van der Waals surface area contributed by atoms with Crippen molar-refractivity contribution >= 4 is 11.8 Å². The highest BCUT2D eigenvalue weighted by Crippen LogP contribution is 2.36. The Morgan fingerprint density at radius 3 is 3.04 bits per heavy atom. The molecular formula is C17H25N3O4. The van der Waals surface area contributed by atoms with Crippen molar-refractivity contribution in [1.29, 1.82) is 0 Å². The van der Waals surface area contributed by atoms with E-state index >= 15 is 0 Å². The average molecular weight is 335 g/mol. The second-order valence-electron chi connectivity index (χ2n) is 6.64. The lowest BCUT2D eigenvalue weighted by atomic mass is 9.89. The first-order valence-electron chi connectivity index (χ1n) is 8.40. The van der Waals surface area contributed by atoms with Crippen molar-refractivity contribution in [2.75, 3.05) is 33.4 Å². The van der Waals surface area contributed by atoms with Crippen molar-refractivity contribution in [3.63, 3.8) is 0 Å². The zero-order valence-electron chi connectivity index (χ0n) is 14.3. The predicted octanol–water partition coefficient (Wildman–Crippen LogP) is 0.551. The maximum Gasteiger partial charge on any atom is 0.270 e. The second kappa shape index (κ2) is 6.94. The number of nitrogens with one attached hydrogen (secondary N) is 1. The molecule has 2 amide bonds. The number of likely N-dealkylation sites (N-methyl/N-ethyl adjacent to an activating group) is 1. The van der Waals surface area contributed by atoms with Gasteiger partial charge in [-0.25, -0.2) is 0 Å². The number of hydrogen-bond donors (Lipinski definition) is 1.